The summed E-state index contributed by atoms with van der Waals surface area (Å²) in [7, 11) is 1.20. The maximum Gasteiger partial charge on any atom is 0.306 e. The molecule has 0 aromatic heterocycles. The summed E-state index contributed by atoms with van der Waals surface area (Å²) < 4.78 is 30.3. The molecule has 0 saturated carbocycles. The summed E-state index contributed by atoms with van der Waals surface area (Å²) in [5.74, 6) is -0.525. The Morgan fingerprint density at radius 1 is 0.455 bits per heavy atom. The second kappa shape index (κ2) is 57.5. The van der Waals surface area contributed by atoms with Crippen molar-refractivity contribution in [3.8, 4) is 0 Å². The standard InChI is InChI=1S/C67H129N2O7P/c1-7-10-13-16-19-22-25-27-28-29-30-31-32-33-34-35-36-37-38-39-40-42-45-48-51-54-57-60-67(71)76-65(58-55-52-49-46-43-24-21-18-15-12-9-3)64(63-75-77(72,73)74-62-61-69(4,5)6)68-66(70)59-56-53-50-47-44-41-26-23-20-17-14-11-8-2/h19,22,27-28,55,58,64-65H,7-18,20-21,23-26,29-54,56-57,59-63H2,1-6H3,(H-,68,70,72,73)/b22-19-,28-27-,58-55-. The van der Waals surface area contributed by atoms with E-state index in [0.29, 0.717) is 17.4 Å². The zero-order chi connectivity index (χ0) is 56.4. The van der Waals surface area contributed by atoms with E-state index in [9.17, 15) is 19.0 Å². The average Bonchev–Trinajstić information content (AvgIpc) is 3.39. The normalized spacial score (nSPS) is 13.8. The van der Waals surface area contributed by atoms with Gasteiger partial charge in [0.05, 0.1) is 33.8 Å². The Bertz CT molecular complexity index is 1410. The van der Waals surface area contributed by atoms with Crippen LogP contribution in [0.3, 0.4) is 0 Å². The molecule has 0 aliphatic heterocycles. The minimum absolute atomic E-state index is 0.0189. The number of nitrogens with zero attached hydrogens (tertiary/aromatic N) is 1. The molecule has 3 unspecified atom stereocenters. The summed E-state index contributed by atoms with van der Waals surface area (Å²) in [4.78, 5) is 40.0. The maximum atomic E-state index is 13.5. The highest BCUT2D eigenvalue weighted by Crippen LogP contribution is 2.38. The van der Waals surface area contributed by atoms with Crippen LogP contribution in [0.5, 0.6) is 0 Å². The number of rotatable bonds is 61. The molecule has 0 spiro atoms. The molecule has 10 heteroatoms. The Kier molecular flexibility index (Phi) is 56.1. The largest absolute Gasteiger partial charge is 0.756 e. The highest BCUT2D eigenvalue weighted by Gasteiger charge is 2.27. The summed E-state index contributed by atoms with van der Waals surface area (Å²) in [6.07, 6.45) is 69.8. The summed E-state index contributed by atoms with van der Waals surface area (Å²) >= 11 is 0. The van der Waals surface area contributed by atoms with Gasteiger partial charge in [-0.2, -0.15) is 0 Å². The van der Waals surface area contributed by atoms with Crippen LogP contribution in [0, 0.1) is 0 Å². The summed E-state index contributed by atoms with van der Waals surface area (Å²) in [6.45, 7) is 6.85. The van der Waals surface area contributed by atoms with Gasteiger partial charge in [-0.05, 0) is 63.9 Å². The number of unbranched alkanes of at least 4 members (excludes halogenated alkanes) is 41. The Balaban J connectivity index is 4.94. The predicted octanol–water partition coefficient (Wildman–Crippen LogP) is 20.0. The zero-order valence-electron chi connectivity index (χ0n) is 51.9. The van der Waals surface area contributed by atoms with Crippen molar-refractivity contribution in [3.05, 3.63) is 36.5 Å². The molecular formula is C67H129N2O7P. The topological polar surface area (TPSA) is 114 Å². The van der Waals surface area contributed by atoms with Crippen molar-refractivity contribution in [2.75, 3.05) is 40.9 Å². The minimum atomic E-state index is -4.69. The number of phosphoric acid groups is 1. The van der Waals surface area contributed by atoms with Crippen LogP contribution < -0.4 is 10.2 Å². The number of amides is 1. The van der Waals surface area contributed by atoms with Crippen LogP contribution in [0.2, 0.25) is 0 Å². The number of esters is 1. The van der Waals surface area contributed by atoms with Crippen LogP contribution in [0.25, 0.3) is 0 Å². The minimum Gasteiger partial charge on any atom is -0.756 e. The fraction of sp³-hybridized carbons (Fsp3) is 0.881. The van der Waals surface area contributed by atoms with E-state index >= 15 is 0 Å². The van der Waals surface area contributed by atoms with E-state index < -0.39 is 20.0 Å². The molecule has 0 fully saturated rings. The van der Waals surface area contributed by atoms with Gasteiger partial charge < -0.3 is 28.5 Å². The van der Waals surface area contributed by atoms with Crippen molar-refractivity contribution < 1.29 is 37.3 Å². The molecule has 0 aromatic carbocycles. The molecule has 0 rings (SSSR count). The number of quaternary nitrogens is 1. The first-order valence-electron chi connectivity index (χ1n) is 33.3. The number of hydrogen-bond acceptors (Lipinski definition) is 7. The summed E-state index contributed by atoms with van der Waals surface area (Å²) in [5, 5.41) is 3.03. The zero-order valence-corrected chi connectivity index (χ0v) is 52.8. The number of allylic oxidation sites excluding steroid dienone is 5. The molecule has 0 saturated heterocycles. The van der Waals surface area contributed by atoms with Gasteiger partial charge in [-0.1, -0.05) is 289 Å². The molecule has 3 atom stereocenters. The first kappa shape index (κ1) is 75.2. The van der Waals surface area contributed by atoms with Gasteiger partial charge in [0.1, 0.15) is 19.3 Å². The first-order chi connectivity index (χ1) is 37.4. The lowest BCUT2D eigenvalue weighted by Gasteiger charge is -2.30. The SMILES string of the molecule is CCCCC/C=C\C/C=C\CCCCCCCCCCCCCCCCCCCC(=O)OC(/C=C\CCCCCCCCCCC)C(COP(=O)([O-])OCC[N+](C)(C)C)NC(=O)CCCCCCCCCCCCCCC. The fourth-order valence-corrected chi connectivity index (χ4v) is 10.6. The monoisotopic (exact) mass is 1100 g/mol. The molecule has 454 valence electrons. The molecule has 1 N–H and O–H groups in total. The van der Waals surface area contributed by atoms with Crippen molar-refractivity contribution >= 4 is 19.7 Å². The Morgan fingerprint density at radius 2 is 0.792 bits per heavy atom. The molecular weight excluding hydrogens is 976 g/mol. The van der Waals surface area contributed by atoms with Crippen LogP contribution in [-0.4, -0.2) is 69.4 Å². The molecule has 0 aromatic rings. The average molecular weight is 1110 g/mol. The molecule has 0 heterocycles. The van der Waals surface area contributed by atoms with E-state index in [0.717, 1.165) is 64.2 Å². The predicted molar refractivity (Wildman–Crippen MR) is 330 cm³/mol. The van der Waals surface area contributed by atoms with Gasteiger partial charge in [-0.3, -0.25) is 14.2 Å². The molecule has 0 aliphatic carbocycles. The van der Waals surface area contributed by atoms with E-state index in [1.165, 1.54) is 231 Å². The van der Waals surface area contributed by atoms with E-state index in [1.54, 1.807) is 0 Å². The number of carbonyl (C=O) groups is 2. The number of nitrogens with one attached hydrogen (secondary N) is 1. The molecule has 0 bridgehead atoms. The molecule has 0 radical (unpaired) electrons. The third-order valence-electron chi connectivity index (χ3n) is 15.1. The number of hydrogen-bond donors (Lipinski definition) is 1. The third-order valence-corrected chi connectivity index (χ3v) is 16.0. The molecule has 0 aliphatic rings. The maximum absolute atomic E-state index is 13.5. The van der Waals surface area contributed by atoms with Gasteiger partial charge in [0, 0.05) is 12.8 Å². The Hall–Kier alpha value is -1.77. The van der Waals surface area contributed by atoms with Crippen molar-refractivity contribution in [3.63, 3.8) is 0 Å². The Labute approximate surface area is 478 Å². The molecule has 9 nitrogen and oxygen atoms in total. The van der Waals surface area contributed by atoms with Gasteiger partial charge >= 0.3 is 5.97 Å². The second-order valence-electron chi connectivity index (χ2n) is 24.0. The van der Waals surface area contributed by atoms with Gasteiger partial charge in [0.25, 0.3) is 7.82 Å². The van der Waals surface area contributed by atoms with Gasteiger partial charge in [-0.15, -0.1) is 0 Å². The van der Waals surface area contributed by atoms with Crippen molar-refractivity contribution in [2.45, 2.75) is 341 Å². The molecule has 77 heavy (non-hydrogen) atoms. The lowest BCUT2D eigenvalue weighted by molar-refractivity contribution is -0.870. The van der Waals surface area contributed by atoms with E-state index in [1.807, 2.05) is 33.3 Å². The van der Waals surface area contributed by atoms with Crippen LogP contribution in [-0.2, 0) is 27.9 Å². The highest BCUT2D eigenvalue weighted by atomic mass is 31.2. The van der Waals surface area contributed by atoms with E-state index in [2.05, 4.69) is 50.4 Å². The van der Waals surface area contributed by atoms with Crippen molar-refractivity contribution in [1.29, 1.82) is 0 Å². The smallest absolute Gasteiger partial charge is 0.306 e. The van der Waals surface area contributed by atoms with E-state index in [4.69, 9.17) is 13.8 Å². The number of ether oxygens (including phenoxy) is 1. The summed E-state index contributed by atoms with van der Waals surface area (Å²) in [6, 6.07) is -0.882. The number of phosphoric ester groups is 1. The number of likely N-dealkylation sites (N-methyl/N-ethyl adjacent to an activating group) is 1. The van der Waals surface area contributed by atoms with Crippen LogP contribution in [0.15, 0.2) is 36.5 Å². The fourth-order valence-electron chi connectivity index (χ4n) is 9.91. The Morgan fingerprint density at radius 3 is 1.19 bits per heavy atom. The van der Waals surface area contributed by atoms with Crippen LogP contribution >= 0.6 is 7.82 Å². The quantitative estimate of drug-likeness (QED) is 0.0212. The van der Waals surface area contributed by atoms with Crippen molar-refractivity contribution in [1.82, 2.24) is 5.32 Å². The lowest BCUT2D eigenvalue weighted by Crippen LogP contribution is -2.47. The van der Waals surface area contributed by atoms with Crippen molar-refractivity contribution in [2.24, 2.45) is 0 Å². The highest BCUT2D eigenvalue weighted by molar-refractivity contribution is 7.45. The van der Waals surface area contributed by atoms with Gasteiger partial charge in [0.15, 0.2) is 0 Å². The van der Waals surface area contributed by atoms with E-state index in [-0.39, 0.29) is 31.5 Å². The van der Waals surface area contributed by atoms with Crippen LogP contribution in [0.1, 0.15) is 329 Å². The third kappa shape index (κ3) is 58.7. The van der Waals surface area contributed by atoms with Gasteiger partial charge in [0.2, 0.25) is 5.91 Å². The van der Waals surface area contributed by atoms with Gasteiger partial charge in [-0.25, -0.2) is 0 Å². The second-order valence-corrected chi connectivity index (χ2v) is 25.4. The summed E-state index contributed by atoms with van der Waals surface area (Å²) in [5.41, 5.74) is 0. The number of carbonyl (C=O) groups excluding carboxylic acids is 2. The van der Waals surface area contributed by atoms with Crippen LogP contribution in [0.4, 0.5) is 0 Å². The lowest BCUT2D eigenvalue weighted by atomic mass is 10.0. The first-order valence-corrected chi connectivity index (χ1v) is 34.8. The molecule has 1 amide bonds.